The number of nitrogens with zero attached hydrogens (tertiary/aromatic N) is 6. The highest BCUT2D eigenvalue weighted by atomic mass is 35.5. The molecule has 3 aromatic heterocycles. The standard InChI is InChI=1S/C27H29ClF3N7O3S/c1-15(26-33-10-22(42-26)25(41)36-23-7-18(27(29,30)31)19(28)9-32-23)6-21(40)20-8-24(35-14-34-20)38-5-4-37-11-16(13-39)2-3-17(37)12-38/h7-10,14-17,39H,2-6,11-13H2,1H3,(H,32,36,41). The normalized spacial score (nSPS) is 20.2. The lowest BCUT2D eigenvalue weighted by Crippen LogP contribution is -2.57. The molecule has 224 valence electrons. The summed E-state index contributed by atoms with van der Waals surface area (Å²) in [7, 11) is 0. The smallest absolute Gasteiger partial charge is 0.396 e. The summed E-state index contributed by atoms with van der Waals surface area (Å²) in [5, 5.41) is 11.8. The Bertz CT molecular complexity index is 1460. The average molecular weight is 624 g/mol. The molecule has 0 aromatic carbocycles. The van der Waals surface area contributed by atoms with Crippen molar-refractivity contribution in [2.24, 2.45) is 5.92 Å². The highest BCUT2D eigenvalue weighted by Crippen LogP contribution is 2.35. The molecule has 5 heterocycles. The molecule has 1 amide bonds. The first kappa shape index (κ1) is 30.3. The number of aliphatic hydroxyl groups is 1. The van der Waals surface area contributed by atoms with Crippen LogP contribution in [0.1, 0.15) is 62.8 Å². The van der Waals surface area contributed by atoms with Crippen LogP contribution in [0.3, 0.4) is 0 Å². The van der Waals surface area contributed by atoms with Gasteiger partial charge in [0.1, 0.15) is 28.5 Å². The lowest BCUT2D eigenvalue weighted by molar-refractivity contribution is -0.137. The Morgan fingerprint density at radius 3 is 2.71 bits per heavy atom. The number of anilines is 2. The van der Waals surface area contributed by atoms with Gasteiger partial charge in [-0.25, -0.2) is 19.9 Å². The highest BCUT2D eigenvalue weighted by Gasteiger charge is 2.35. The van der Waals surface area contributed by atoms with E-state index >= 15 is 0 Å². The van der Waals surface area contributed by atoms with E-state index in [9.17, 15) is 27.9 Å². The zero-order valence-electron chi connectivity index (χ0n) is 22.6. The zero-order chi connectivity index (χ0) is 30.0. The number of Topliss-reactive ketones (excluding diaryl/α,β-unsaturated/α-hetero) is 1. The quantitative estimate of drug-likeness (QED) is 0.349. The van der Waals surface area contributed by atoms with Crippen LogP contribution in [0.4, 0.5) is 24.8 Å². The molecule has 3 atom stereocenters. The van der Waals surface area contributed by atoms with Crippen LogP contribution in [0.2, 0.25) is 5.02 Å². The third-order valence-electron chi connectivity index (χ3n) is 7.59. The van der Waals surface area contributed by atoms with E-state index in [-0.39, 0.29) is 35.4 Å². The number of thiazole rings is 1. The van der Waals surface area contributed by atoms with Crippen molar-refractivity contribution in [2.45, 2.75) is 44.3 Å². The summed E-state index contributed by atoms with van der Waals surface area (Å²) in [6, 6.07) is 2.76. The summed E-state index contributed by atoms with van der Waals surface area (Å²) in [6.45, 7) is 5.35. The fourth-order valence-electron chi connectivity index (χ4n) is 5.28. The first-order chi connectivity index (χ1) is 20.0. The van der Waals surface area contributed by atoms with E-state index in [1.54, 1.807) is 13.0 Å². The number of piperazine rings is 1. The molecule has 5 rings (SSSR count). The van der Waals surface area contributed by atoms with Crippen LogP contribution in [0.25, 0.3) is 0 Å². The molecule has 2 aliphatic heterocycles. The molecule has 3 unspecified atom stereocenters. The molecule has 0 spiro atoms. The van der Waals surface area contributed by atoms with Crippen molar-refractivity contribution >= 4 is 46.3 Å². The second-order valence-electron chi connectivity index (χ2n) is 10.6. The van der Waals surface area contributed by atoms with Gasteiger partial charge in [0.15, 0.2) is 5.78 Å². The van der Waals surface area contributed by atoms with E-state index in [1.807, 2.05) is 0 Å². The van der Waals surface area contributed by atoms with Crippen LogP contribution in [-0.2, 0) is 6.18 Å². The Kier molecular flexibility index (Phi) is 9.06. The van der Waals surface area contributed by atoms with Gasteiger partial charge >= 0.3 is 6.18 Å². The fourth-order valence-corrected chi connectivity index (χ4v) is 6.36. The third-order valence-corrected chi connectivity index (χ3v) is 9.12. The maximum atomic E-state index is 13.1. The number of rotatable bonds is 8. The van der Waals surface area contributed by atoms with Crippen molar-refractivity contribution in [3.63, 3.8) is 0 Å². The number of alkyl halides is 3. The van der Waals surface area contributed by atoms with Crippen LogP contribution in [0.5, 0.6) is 0 Å². The van der Waals surface area contributed by atoms with E-state index in [0.29, 0.717) is 34.5 Å². The summed E-state index contributed by atoms with van der Waals surface area (Å²) in [6.07, 6.45) is 0.934. The van der Waals surface area contributed by atoms with E-state index in [0.717, 1.165) is 56.6 Å². The number of pyridine rings is 1. The minimum atomic E-state index is -4.70. The Morgan fingerprint density at radius 1 is 1.14 bits per heavy atom. The van der Waals surface area contributed by atoms with Crippen LogP contribution < -0.4 is 10.2 Å². The summed E-state index contributed by atoms with van der Waals surface area (Å²) in [4.78, 5) is 47.1. The molecular weight excluding hydrogens is 595 g/mol. The zero-order valence-corrected chi connectivity index (χ0v) is 24.2. The molecule has 15 heteroatoms. The van der Waals surface area contributed by atoms with Crippen molar-refractivity contribution in [3.8, 4) is 0 Å². The topological polar surface area (TPSA) is 124 Å². The number of carbonyl (C=O) groups excluding carboxylic acids is 2. The molecule has 0 bridgehead atoms. The number of aliphatic hydroxyl groups excluding tert-OH is 1. The number of amides is 1. The molecule has 2 saturated heterocycles. The van der Waals surface area contributed by atoms with Crippen molar-refractivity contribution in [1.82, 2.24) is 24.8 Å². The predicted octanol–water partition coefficient (Wildman–Crippen LogP) is 4.52. The number of fused-ring (bicyclic) bond motifs is 1. The number of hydrogen-bond donors (Lipinski definition) is 2. The van der Waals surface area contributed by atoms with Crippen molar-refractivity contribution in [1.29, 1.82) is 0 Å². The van der Waals surface area contributed by atoms with Gasteiger partial charge in [-0.1, -0.05) is 18.5 Å². The molecule has 10 nitrogen and oxygen atoms in total. The van der Waals surface area contributed by atoms with E-state index < -0.39 is 22.7 Å². The third kappa shape index (κ3) is 6.88. The monoisotopic (exact) mass is 623 g/mol. The van der Waals surface area contributed by atoms with Gasteiger partial charge < -0.3 is 15.3 Å². The summed E-state index contributed by atoms with van der Waals surface area (Å²) in [5.41, 5.74) is -0.811. The number of piperidine rings is 1. The minimum absolute atomic E-state index is 0.0949. The molecule has 0 saturated carbocycles. The van der Waals surface area contributed by atoms with Crippen LogP contribution in [0.15, 0.2) is 30.9 Å². The number of nitrogens with one attached hydrogen (secondary N) is 1. The highest BCUT2D eigenvalue weighted by molar-refractivity contribution is 7.13. The van der Waals surface area contributed by atoms with Gasteiger partial charge in [0.25, 0.3) is 5.91 Å². The first-order valence-corrected chi connectivity index (χ1v) is 14.7. The first-order valence-electron chi connectivity index (χ1n) is 13.5. The maximum Gasteiger partial charge on any atom is 0.418 e. The van der Waals surface area contributed by atoms with Gasteiger partial charge in [0.2, 0.25) is 0 Å². The molecular formula is C27H29ClF3N7O3S. The number of ketones is 1. The largest absolute Gasteiger partial charge is 0.418 e. The Balaban J connectivity index is 1.19. The van der Waals surface area contributed by atoms with Crippen LogP contribution >= 0.6 is 22.9 Å². The number of carbonyl (C=O) groups is 2. The van der Waals surface area contributed by atoms with Crippen molar-refractivity contribution < 1.29 is 27.9 Å². The number of halogens is 4. The van der Waals surface area contributed by atoms with Crippen molar-refractivity contribution in [3.05, 3.63) is 57.0 Å². The maximum absolute atomic E-state index is 13.1. The Morgan fingerprint density at radius 2 is 1.95 bits per heavy atom. The predicted molar refractivity (Wildman–Crippen MR) is 151 cm³/mol. The molecule has 42 heavy (non-hydrogen) atoms. The van der Waals surface area contributed by atoms with E-state index in [4.69, 9.17) is 11.6 Å². The van der Waals surface area contributed by atoms with Gasteiger partial charge in [-0.2, -0.15) is 13.2 Å². The lowest BCUT2D eigenvalue weighted by Gasteiger charge is -2.46. The van der Waals surface area contributed by atoms with E-state index in [1.165, 1.54) is 12.5 Å². The van der Waals surface area contributed by atoms with Gasteiger partial charge in [-0.3, -0.25) is 14.5 Å². The van der Waals surface area contributed by atoms with Gasteiger partial charge in [0.05, 0.1) is 21.8 Å². The second-order valence-corrected chi connectivity index (χ2v) is 12.0. The molecule has 2 fully saturated rings. The fraction of sp³-hybridized carbons (Fsp3) is 0.481. The molecule has 3 aromatic rings. The van der Waals surface area contributed by atoms with Gasteiger partial charge in [0, 0.05) is 63.4 Å². The summed E-state index contributed by atoms with van der Waals surface area (Å²) >= 11 is 6.63. The van der Waals surface area contributed by atoms with Gasteiger partial charge in [-0.15, -0.1) is 11.3 Å². The van der Waals surface area contributed by atoms with Crippen molar-refractivity contribution in [2.75, 3.05) is 43.0 Å². The lowest BCUT2D eigenvalue weighted by atomic mass is 9.91. The molecule has 2 N–H and O–H groups in total. The Labute approximate surface area is 249 Å². The SMILES string of the molecule is CC(CC(=O)c1cc(N2CCN3CC(CO)CCC3C2)ncn1)c1ncc(C(=O)Nc2cc(C(F)(F)F)c(Cl)cn2)s1. The molecule has 2 aliphatic rings. The van der Waals surface area contributed by atoms with E-state index in [2.05, 4.69) is 35.1 Å². The molecule has 0 aliphatic carbocycles. The van der Waals surface area contributed by atoms with Gasteiger partial charge in [-0.05, 0) is 24.8 Å². The average Bonchev–Trinajstić information content (AvgIpc) is 3.48. The Hall–Kier alpha value is -3.20. The summed E-state index contributed by atoms with van der Waals surface area (Å²) in [5.74, 6) is -0.479. The number of hydrogen-bond acceptors (Lipinski definition) is 10. The number of aromatic nitrogens is 4. The molecule has 0 radical (unpaired) electrons. The summed E-state index contributed by atoms with van der Waals surface area (Å²) < 4.78 is 39.4. The van der Waals surface area contributed by atoms with Crippen LogP contribution in [0, 0.1) is 5.92 Å². The second kappa shape index (κ2) is 12.6. The minimum Gasteiger partial charge on any atom is -0.396 e. The van der Waals surface area contributed by atoms with Crippen LogP contribution in [-0.4, -0.2) is 80.5 Å².